The molecule has 22 heavy (non-hydrogen) atoms. The Hall–Kier alpha value is -1.13. The third kappa shape index (κ3) is 3.13. The number of rotatable bonds is 6. The molecule has 1 N–H and O–H groups in total. The van der Waals surface area contributed by atoms with E-state index in [9.17, 15) is 4.79 Å². The minimum absolute atomic E-state index is 0.228. The Morgan fingerprint density at radius 3 is 2.77 bits per heavy atom. The second-order valence-electron chi connectivity index (χ2n) is 6.85. The van der Waals surface area contributed by atoms with E-state index in [2.05, 4.69) is 41.6 Å². The van der Waals surface area contributed by atoms with Crippen LogP contribution in [0.25, 0.3) is 0 Å². The normalized spacial score (nSPS) is 20.0. The van der Waals surface area contributed by atoms with Crippen molar-refractivity contribution < 1.29 is 0 Å². The number of nitrogens with zero attached hydrogens (tertiary/aromatic N) is 2. The van der Waals surface area contributed by atoms with Crippen molar-refractivity contribution in [1.82, 2.24) is 14.8 Å². The molecule has 1 saturated carbocycles. The topological polar surface area (TPSA) is 37.3 Å². The molecule has 122 valence electrons. The molecule has 1 fully saturated rings. The molecule has 0 saturated heterocycles. The first-order chi connectivity index (χ1) is 10.6. The maximum absolute atomic E-state index is 12.9. The van der Waals surface area contributed by atoms with Crippen LogP contribution in [0.5, 0.6) is 0 Å². The summed E-state index contributed by atoms with van der Waals surface area (Å²) >= 11 is 0. The van der Waals surface area contributed by atoms with Crippen molar-refractivity contribution in [2.75, 3.05) is 13.1 Å². The van der Waals surface area contributed by atoms with Gasteiger partial charge in [0, 0.05) is 49.4 Å². The van der Waals surface area contributed by atoms with E-state index in [4.69, 9.17) is 0 Å². The smallest absolute Gasteiger partial charge is 0.255 e. The van der Waals surface area contributed by atoms with Crippen LogP contribution < -0.4 is 10.9 Å². The van der Waals surface area contributed by atoms with E-state index >= 15 is 0 Å². The van der Waals surface area contributed by atoms with E-state index in [0.29, 0.717) is 6.04 Å². The van der Waals surface area contributed by atoms with Crippen LogP contribution in [-0.4, -0.2) is 28.6 Å². The SMILES string of the molecule is CCC(C)n1c2c(cc(CNC3CC3)c1=O)CN(CC)CC2. The average Bonchev–Trinajstić information content (AvgIpc) is 3.36. The summed E-state index contributed by atoms with van der Waals surface area (Å²) in [5, 5.41) is 3.50. The fraction of sp³-hybridized carbons (Fsp3) is 0.722. The van der Waals surface area contributed by atoms with Gasteiger partial charge in [-0.05, 0) is 44.4 Å². The van der Waals surface area contributed by atoms with Gasteiger partial charge in [-0.15, -0.1) is 0 Å². The summed E-state index contributed by atoms with van der Waals surface area (Å²) in [5.41, 5.74) is 3.81. The number of fused-ring (bicyclic) bond motifs is 1. The lowest BCUT2D eigenvalue weighted by atomic mass is 10.0. The molecule has 3 rings (SSSR count). The van der Waals surface area contributed by atoms with Crippen LogP contribution in [0.15, 0.2) is 10.9 Å². The standard InChI is InChI=1S/C18H29N3O/c1-4-13(3)21-17-8-9-20(5-2)12-15(17)10-14(18(21)22)11-19-16-6-7-16/h10,13,16,19H,4-9,11-12H2,1-3H3. The molecule has 1 unspecified atom stereocenters. The summed E-state index contributed by atoms with van der Waals surface area (Å²) in [6, 6.07) is 3.10. The Labute approximate surface area is 133 Å². The fourth-order valence-corrected chi connectivity index (χ4v) is 3.38. The van der Waals surface area contributed by atoms with Crippen LogP contribution >= 0.6 is 0 Å². The molecule has 2 aliphatic rings. The molecule has 1 aromatic rings. The van der Waals surface area contributed by atoms with Crippen molar-refractivity contribution in [3.63, 3.8) is 0 Å². The zero-order valence-corrected chi connectivity index (χ0v) is 14.2. The number of likely N-dealkylation sites (N-methyl/N-ethyl adjacent to an activating group) is 1. The number of pyridine rings is 1. The van der Waals surface area contributed by atoms with Crippen molar-refractivity contribution >= 4 is 0 Å². The first-order valence-electron chi connectivity index (χ1n) is 8.85. The summed E-state index contributed by atoms with van der Waals surface area (Å²) in [6.07, 6.45) is 4.52. The second kappa shape index (κ2) is 6.55. The minimum atomic E-state index is 0.228. The molecule has 1 aliphatic carbocycles. The van der Waals surface area contributed by atoms with E-state index in [1.165, 1.54) is 24.1 Å². The molecule has 1 aromatic heterocycles. The molecule has 1 atom stereocenters. The van der Waals surface area contributed by atoms with Gasteiger partial charge < -0.3 is 9.88 Å². The van der Waals surface area contributed by atoms with E-state index in [0.717, 1.165) is 44.6 Å². The van der Waals surface area contributed by atoms with Gasteiger partial charge in [0.25, 0.3) is 5.56 Å². The molecule has 0 aromatic carbocycles. The van der Waals surface area contributed by atoms with Crippen molar-refractivity contribution in [3.8, 4) is 0 Å². The largest absolute Gasteiger partial charge is 0.310 e. The fourth-order valence-electron chi connectivity index (χ4n) is 3.38. The first-order valence-corrected chi connectivity index (χ1v) is 8.85. The van der Waals surface area contributed by atoms with Crippen LogP contribution in [0.4, 0.5) is 0 Å². The highest BCUT2D eigenvalue weighted by Gasteiger charge is 2.24. The van der Waals surface area contributed by atoms with E-state index in [1.807, 2.05) is 0 Å². The highest BCUT2D eigenvalue weighted by Crippen LogP contribution is 2.23. The monoisotopic (exact) mass is 303 g/mol. The van der Waals surface area contributed by atoms with Gasteiger partial charge in [-0.2, -0.15) is 0 Å². The Morgan fingerprint density at radius 2 is 2.14 bits per heavy atom. The lowest BCUT2D eigenvalue weighted by molar-refractivity contribution is 0.259. The highest BCUT2D eigenvalue weighted by atomic mass is 16.1. The number of hydrogen-bond acceptors (Lipinski definition) is 3. The van der Waals surface area contributed by atoms with Gasteiger partial charge in [0.15, 0.2) is 0 Å². The van der Waals surface area contributed by atoms with E-state index in [1.54, 1.807) is 0 Å². The third-order valence-corrected chi connectivity index (χ3v) is 5.20. The summed E-state index contributed by atoms with van der Waals surface area (Å²) in [7, 11) is 0. The predicted molar refractivity (Wildman–Crippen MR) is 90.2 cm³/mol. The zero-order chi connectivity index (χ0) is 15.7. The quantitative estimate of drug-likeness (QED) is 0.877. The molecular formula is C18H29N3O. The summed E-state index contributed by atoms with van der Waals surface area (Å²) in [6.45, 7) is 10.4. The van der Waals surface area contributed by atoms with Crippen molar-refractivity contribution in [3.05, 3.63) is 33.2 Å². The van der Waals surface area contributed by atoms with Crippen molar-refractivity contribution in [2.45, 2.75) is 71.6 Å². The predicted octanol–water partition coefficient (Wildman–Crippen LogP) is 2.45. The molecule has 1 aliphatic heterocycles. The van der Waals surface area contributed by atoms with Gasteiger partial charge in [0.1, 0.15) is 0 Å². The zero-order valence-electron chi connectivity index (χ0n) is 14.2. The van der Waals surface area contributed by atoms with Crippen molar-refractivity contribution in [2.24, 2.45) is 0 Å². The van der Waals surface area contributed by atoms with Crippen LogP contribution in [0.1, 0.15) is 62.9 Å². The third-order valence-electron chi connectivity index (χ3n) is 5.20. The maximum Gasteiger partial charge on any atom is 0.255 e. The summed E-state index contributed by atoms with van der Waals surface area (Å²) in [5.74, 6) is 0. The second-order valence-corrected chi connectivity index (χ2v) is 6.85. The van der Waals surface area contributed by atoms with Gasteiger partial charge in [0.2, 0.25) is 0 Å². The van der Waals surface area contributed by atoms with Crippen LogP contribution in [0, 0.1) is 0 Å². The van der Waals surface area contributed by atoms with Crippen molar-refractivity contribution in [1.29, 1.82) is 0 Å². The molecule has 0 spiro atoms. The van der Waals surface area contributed by atoms with Crippen LogP contribution in [0.3, 0.4) is 0 Å². The molecular weight excluding hydrogens is 274 g/mol. The van der Waals surface area contributed by atoms with Gasteiger partial charge in [-0.3, -0.25) is 9.69 Å². The number of nitrogens with one attached hydrogen (secondary N) is 1. The first kappa shape index (κ1) is 15.8. The number of hydrogen-bond donors (Lipinski definition) is 1. The van der Waals surface area contributed by atoms with Crippen LogP contribution in [-0.2, 0) is 19.5 Å². The van der Waals surface area contributed by atoms with E-state index in [-0.39, 0.29) is 11.6 Å². The van der Waals surface area contributed by atoms with Gasteiger partial charge in [-0.25, -0.2) is 0 Å². The molecule has 0 radical (unpaired) electrons. The van der Waals surface area contributed by atoms with E-state index < -0.39 is 0 Å². The Bertz CT molecular complexity index is 589. The highest BCUT2D eigenvalue weighted by molar-refractivity contribution is 5.29. The molecule has 0 bridgehead atoms. The summed E-state index contributed by atoms with van der Waals surface area (Å²) < 4.78 is 2.09. The molecule has 4 heteroatoms. The molecule has 4 nitrogen and oxygen atoms in total. The molecule has 2 heterocycles. The van der Waals surface area contributed by atoms with Crippen LogP contribution in [0.2, 0.25) is 0 Å². The summed E-state index contributed by atoms with van der Waals surface area (Å²) in [4.78, 5) is 15.4. The molecule has 0 amide bonds. The lowest BCUT2D eigenvalue weighted by Gasteiger charge is -2.31. The lowest BCUT2D eigenvalue weighted by Crippen LogP contribution is -2.38. The Kier molecular flexibility index (Phi) is 4.69. The minimum Gasteiger partial charge on any atom is -0.310 e. The maximum atomic E-state index is 12.9. The van der Waals surface area contributed by atoms with Gasteiger partial charge >= 0.3 is 0 Å². The average molecular weight is 303 g/mol. The number of aromatic nitrogens is 1. The van der Waals surface area contributed by atoms with Gasteiger partial charge in [-0.1, -0.05) is 13.8 Å². The Morgan fingerprint density at radius 1 is 1.36 bits per heavy atom. The van der Waals surface area contributed by atoms with Gasteiger partial charge in [0.05, 0.1) is 0 Å². The Balaban J connectivity index is 1.98.